The first-order chi connectivity index (χ1) is 9.38. The smallest absolute Gasteiger partial charge is 0.390 e. The summed E-state index contributed by atoms with van der Waals surface area (Å²) in [4.78, 5) is 20.9. The minimum atomic E-state index is -1.31. The predicted molar refractivity (Wildman–Crippen MR) is 71.4 cm³/mol. The normalized spacial score (nSPS) is 10.5. The third kappa shape index (κ3) is 2.89. The van der Waals surface area contributed by atoms with Crippen LogP contribution in [0.5, 0.6) is 0 Å². The van der Waals surface area contributed by atoms with Crippen molar-refractivity contribution in [1.29, 1.82) is 0 Å². The number of hydrogen-bond acceptors (Lipinski definition) is 4. The van der Waals surface area contributed by atoms with Gasteiger partial charge in [-0.3, -0.25) is 0 Å². The first kappa shape index (κ1) is 14.3. The van der Waals surface area contributed by atoms with Crippen LogP contribution in [0.3, 0.4) is 0 Å². The van der Waals surface area contributed by atoms with Crippen LogP contribution in [0.2, 0.25) is 10.0 Å². The maximum absolute atomic E-state index is 11.0. The molecule has 0 amide bonds. The van der Waals surface area contributed by atoms with E-state index in [2.05, 4.69) is 5.10 Å². The molecule has 1 aromatic carbocycles. The summed E-state index contributed by atoms with van der Waals surface area (Å²) in [5, 5.41) is 24.1. The fourth-order valence-corrected chi connectivity index (χ4v) is 2.06. The van der Waals surface area contributed by atoms with Crippen LogP contribution < -0.4 is 0 Å². The van der Waals surface area contributed by atoms with Crippen LogP contribution in [0.1, 0.15) is 16.1 Å². The van der Waals surface area contributed by atoms with E-state index in [1.54, 1.807) is 12.1 Å². The Balaban J connectivity index is 2.42. The largest absolute Gasteiger partial charge is 0.476 e. The molecule has 0 spiro atoms. The number of carboxylic acid groups (broad SMARTS) is 1. The van der Waals surface area contributed by atoms with Gasteiger partial charge in [-0.2, -0.15) is 4.68 Å². The molecule has 0 atom stereocenters. The standard InChI is InChI=1S/C11H7Cl2N3O4/c12-7-2-1-6(8(13)3-7)5-15-9(11(17)18)4-10(14-15)16(19)20/h1-4H,5H2,(H,17,18). The Hall–Kier alpha value is -2.12. The summed E-state index contributed by atoms with van der Waals surface area (Å²) in [5.74, 6) is -1.84. The molecule has 0 saturated heterocycles. The SMILES string of the molecule is O=C(O)c1cc([N+](=O)[O-])nn1Cc1ccc(Cl)cc1Cl. The number of nitro groups is 1. The number of aromatic carboxylic acids is 1. The lowest BCUT2D eigenvalue weighted by Crippen LogP contribution is -2.11. The van der Waals surface area contributed by atoms with Crippen molar-refractivity contribution in [3.05, 3.63) is 55.7 Å². The second-order valence-electron chi connectivity index (χ2n) is 3.84. The summed E-state index contributed by atoms with van der Waals surface area (Å²) < 4.78 is 1.01. The average Bonchev–Trinajstić information content (AvgIpc) is 2.77. The lowest BCUT2D eigenvalue weighted by Gasteiger charge is -2.04. The van der Waals surface area contributed by atoms with E-state index in [0.29, 0.717) is 15.6 Å². The monoisotopic (exact) mass is 315 g/mol. The van der Waals surface area contributed by atoms with Gasteiger partial charge in [-0.1, -0.05) is 29.3 Å². The molecule has 2 rings (SSSR count). The second kappa shape index (κ2) is 5.48. The highest BCUT2D eigenvalue weighted by atomic mass is 35.5. The zero-order valence-electron chi connectivity index (χ0n) is 9.79. The number of nitrogens with zero attached hydrogens (tertiary/aromatic N) is 3. The Morgan fingerprint density at radius 1 is 1.40 bits per heavy atom. The Kier molecular flexibility index (Phi) is 3.91. The zero-order chi connectivity index (χ0) is 14.9. The van der Waals surface area contributed by atoms with Gasteiger partial charge in [-0.25, -0.2) is 4.79 Å². The molecule has 0 saturated carbocycles. The molecular weight excluding hydrogens is 309 g/mol. The van der Waals surface area contributed by atoms with E-state index in [1.165, 1.54) is 6.07 Å². The lowest BCUT2D eigenvalue weighted by atomic mass is 10.2. The molecule has 1 heterocycles. The van der Waals surface area contributed by atoms with Crippen LogP contribution in [-0.4, -0.2) is 25.8 Å². The van der Waals surface area contributed by atoms with E-state index in [-0.39, 0.29) is 12.2 Å². The summed E-state index contributed by atoms with van der Waals surface area (Å²) in [6.45, 7) is -0.00846. The molecule has 0 unspecified atom stereocenters. The Morgan fingerprint density at radius 3 is 2.65 bits per heavy atom. The number of aromatic nitrogens is 2. The molecule has 7 nitrogen and oxygen atoms in total. The average molecular weight is 316 g/mol. The minimum Gasteiger partial charge on any atom is -0.476 e. The van der Waals surface area contributed by atoms with Crippen LogP contribution in [0.25, 0.3) is 0 Å². The summed E-state index contributed by atoms with van der Waals surface area (Å²) >= 11 is 11.7. The van der Waals surface area contributed by atoms with Gasteiger partial charge in [-0.05, 0) is 22.6 Å². The maximum atomic E-state index is 11.0. The van der Waals surface area contributed by atoms with E-state index in [4.69, 9.17) is 28.3 Å². The molecule has 0 aliphatic rings. The summed E-state index contributed by atoms with van der Waals surface area (Å²) in [6.07, 6.45) is 0. The predicted octanol–water partition coefficient (Wildman–Crippen LogP) is 2.84. The fraction of sp³-hybridized carbons (Fsp3) is 0.0909. The molecular formula is C11H7Cl2N3O4. The van der Waals surface area contributed by atoms with Gasteiger partial charge in [0, 0.05) is 10.0 Å². The number of benzene rings is 1. The molecule has 1 N–H and O–H groups in total. The van der Waals surface area contributed by atoms with E-state index >= 15 is 0 Å². The summed E-state index contributed by atoms with van der Waals surface area (Å²) in [7, 11) is 0. The molecule has 1 aromatic heterocycles. The van der Waals surface area contributed by atoms with Crippen molar-refractivity contribution < 1.29 is 14.8 Å². The van der Waals surface area contributed by atoms with E-state index < -0.39 is 16.7 Å². The van der Waals surface area contributed by atoms with Crippen LogP contribution >= 0.6 is 23.2 Å². The topological polar surface area (TPSA) is 98.3 Å². The highest BCUT2D eigenvalue weighted by molar-refractivity contribution is 6.35. The Labute approximate surface area is 122 Å². The fourth-order valence-electron chi connectivity index (χ4n) is 1.60. The first-order valence-corrected chi connectivity index (χ1v) is 6.03. The molecule has 0 fully saturated rings. The van der Waals surface area contributed by atoms with Gasteiger partial charge in [0.15, 0.2) is 5.69 Å². The Bertz CT molecular complexity index is 699. The van der Waals surface area contributed by atoms with Crippen molar-refractivity contribution in [2.24, 2.45) is 0 Å². The van der Waals surface area contributed by atoms with E-state index in [1.807, 2.05) is 0 Å². The van der Waals surface area contributed by atoms with Crippen LogP contribution in [-0.2, 0) is 6.54 Å². The van der Waals surface area contributed by atoms with Gasteiger partial charge in [0.1, 0.15) is 0 Å². The number of hydrogen-bond donors (Lipinski definition) is 1. The van der Waals surface area contributed by atoms with Crippen molar-refractivity contribution in [1.82, 2.24) is 9.78 Å². The number of carboxylic acids is 1. The van der Waals surface area contributed by atoms with Gasteiger partial charge >= 0.3 is 11.8 Å². The lowest BCUT2D eigenvalue weighted by molar-refractivity contribution is -0.389. The summed E-state index contributed by atoms with van der Waals surface area (Å²) in [6, 6.07) is 5.58. The number of rotatable bonds is 4. The van der Waals surface area contributed by atoms with Gasteiger partial charge in [0.05, 0.1) is 17.7 Å². The van der Waals surface area contributed by atoms with Gasteiger partial charge in [0.2, 0.25) is 0 Å². The minimum absolute atomic E-state index is 0.00846. The van der Waals surface area contributed by atoms with Crippen molar-refractivity contribution in [2.45, 2.75) is 6.54 Å². The third-order valence-corrected chi connectivity index (χ3v) is 3.10. The van der Waals surface area contributed by atoms with Gasteiger partial charge < -0.3 is 15.2 Å². The van der Waals surface area contributed by atoms with Crippen molar-refractivity contribution in [2.75, 3.05) is 0 Å². The van der Waals surface area contributed by atoms with Crippen molar-refractivity contribution in [3.63, 3.8) is 0 Å². The molecule has 0 radical (unpaired) electrons. The van der Waals surface area contributed by atoms with Gasteiger partial charge in [-0.15, -0.1) is 0 Å². The molecule has 2 aromatic rings. The van der Waals surface area contributed by atoms with Gasteiger partial charge in [0.25, 0.3) is 0 Å². The highest BCUT2D eigenvalue weighted by Gasteiger charge is 2.23. The molecule has 0 aliphatic carbocycles. The number of halogens is 2. The quantitative estimate of drug-likeness (QED) is 0.691. The molecule has 104 valence electrons. The maximum Gasteiger partial charge on any atom is 0.390 e. The van der Waals surface area contributed by atoms with E-state index in [9.17, 15) is 14.9 Å². The van der Waals surface area contributed by atoms with Crippen molar-refractivity contribution in [3.8, 4) is 0 Å². The van der Waals surface area contributed by atoms with Crippen LogP contribution in [0.4, 0.5) is 5.82 Å². The van der Waals surface area contributed by atoms with Crippen LogP contribution in [0.15, 0.2) is 24.3 Å². The number of carbonyl (C=O) groups is 1. The molecule has 9 heteroatoms. The highest BCUT2D eigenvalue weighted by Crippen LogP contribution is 2.23. The summed E-state index contributed by atoms with van der Waals surface area (Å²) in [5.41, 5.74) is 0.263. The van der Waals surface area contributed by atoms with Crippen molar-refractivity contribution >= 4 is 35.0 Å². The second-order valence-corrected chi connectivity index (χ2v) is 4.69. The zero-order valence-corrected chi connectivity index (χ0v) is 11.3. The molecule has 20 heavy (non-hydrogen) atoms. The third-order valence-electron chi connectivity index (χ3n) is 2.51. The van der Waals surface area contributed by atoms with Crippen LogP contribution in [0, 0.1) is 10.1 Å². The molecule has 0 aliphatic heterocycles. The Morgan fingerprint density at radius 2 is 2.10 bits per heavy atom. The first-order valence-electron chi connectivity index (χ1n) is 5.28. The molecule has 0 bridgehead atoms. The van der Waals surface area contributed by atoms with E-state index in [0.717, 1.165) is 10.7 Å².